The van der Waals surface area contributed by atoms with E-state index in [4.69, 9.17) is 14.2 Å². The van der Waals surface area contributed by atoms with Gasteiger partial charge in [0.1, 0.15) is 0 Å². The van der Waals surface area contributed by atoms with Crippen molar-refractivity contribution in [3.05, 3.63) is 76.9 Å². The number of nitrogens with zero attached hydrogens (tertiary/aromatic N) is 1. The van der Waals surface area contributed by atoms with Crippen LogP contribution in [0, 0.1) is 0 Å². The standard InChI is InChI=1S/C27H31NO6/c1-7-34-26(31)23-21(25(30)33-6)20(24(29)32-5)22(28(23)19-11-9-8-10-12-19)17-13-15-18(16-14-17)27(2,3)4/h8-16,22-23H,7H2,1-6H3/t22-,23+/m0/s1. The average Bonchev–Trinajstić information content (AvgIpc) is 3.19. The van der Waals surface area contributed by atoms with Gasteiger partial charge in [0.2, 0.25) is 0 Å². The minimum Gasteiger partial charge on any atom is -0.466 e. The van der Waals surface area contributed by atoms with Crippen molar-refractivity contribution >= 4 is 23.6 Å². The number of carbonyl (C=O) groups excluding carboxylic acids is 3. The number of carbonyl (C=O) groups is 3. The van der Waals surface area contributed by atoms with Crippen LogP contribution in [0.3, 0.4) is 0 Å². The molecule has 0 saturated heterocycles. The molecule has 0 saturated carbocycles. The maximum absolute atomic E-state index is 13.2. The lowest BCUT2D eigenvalue weighted by molar-refractivity contribution is -0.146. The van der Waals surface area contributed by atoms with Gasteiger partial charge in [-0.15, -0.1) is 0 Å². The second-order valence-electron chi connectivity index (χ2n) is 8.98. The number of hydrogen-bond acceptors (Lipinski definition) is 7. The Morgan fingerprint density at radius 3 is 1.91 bits per heavy atom. The summed E-state index contributed by atoms with van der Waals surface area (Å²) in [6.45, 7) is 8.13. The molecule has 7 nitrogen and oxygen atoms in total. The zero-order valence-electron chi connectivity index (χ0n) is 20.5. The van der Waals surface area contributed by atoms with E-state index in [1.807, 2.05) is 54.6 Å². The van der Waals surface area contributed by atoms with Gasteiger partial charge in [0.15, 0.2) is 6.04 Å². The summed E-state index contributed by atoms with van der Waals surface area (Å²) in [7, 11) is 2.46. The molecule has 34 heavy (non-hydrogen) atoms. The molecule has 0 aromatic heterocycles. The fourth-order valence-electron chi connectivity index (χ4n) is 4.23. The first kappa shape index (κ1) is 25.0. The van der Waals surface area contributed by atoms with E-state index >= 15 is 0 Å². The van der Waals surface area contributed by atoms with Crippen molar-refractivity contribution in [2.75, 3.05) is 25.7 Å². The molecule has 2 atom stereocenters. The molecule has 0 N–H and O–H groups in total. The third-order valence-electron chi connectivity index (χ3n) is 5.86. The number of para-hydroxylation sites is 1. The third kappa shape index (κ3) is 4.69. The van der Waals surface area contributed by atoms with Crippen LogP contribution in [0.4, 0.5) is 5.69 Å². The van der Waals surface area contributed by atoms with Crippen LogP contribution in [0.5, 0.6) is 0 Å². The van der Waals surface area contributed by atoms with Crippen molar-refractivity contribution in [3.8, 4) is 0 Å². The van der Waals surface area contributed by atoms with E-state index in [9.17, 15) is 14.4 Å². The number of methoxy groups -OCH3 is 2. The Morgan fingerprint density at radius 2 is 1.41 bits per heavy atom. The Kier molecular flexibility index (Phi) is 7.44. The highest BCUT2D eigenvalue weighted by atomic mass is 16.5. The zero-order chi connectivity index (χ0) is 25.0. The van der Waals surface area contributed by atoms with Crippen LogP contribution >= 0.6 is 0 Å². The fraction of sp³-hybridized carbons (Fsp3) is 0.370. The molecular formula is C27H31NO6. The molecule has 180 valence electrons. The van der Waals surface area contributed by atoms with Crippen molar-refractivity contribution < 1.29 is 28.6 Å². The predicted molar refractivity (Wildman–Crippen MR) is 128 cm³/mol. The lowest BCUT2D eigenvalue weighted by Gasteiger charge is -2.33. The van der Waals surface area contributed by atoms with Gasteiger partial charge < -0.3 is 19.1 Å². The molecule has 1 aliphatic rings. The van der Waals surface area contributed by atoms with Crippen LogP contribution in [0.15, 0.2) is 65.7 Å². The van der Waals surface area contributed by atoms with Gasteiger partial charge >= 0.3 is 17.9 Å². The molecule has 0 fully saturated rings. The summed E-state index contributed by atoms with van der Waals surface area (Å²) in [5.41, 5.74) is 2.38. The lowest BCUT2D eigenvalue weighted by atomic mass is 9.85. The van der Waals surface area contributed by atoms with Crippen LogP contribution in [0.2, 0.25) is 0 Å². The molecule has 0 aliphatic carbocycles. The lowest BCUT2D eigenvalue weighted by Crippen LogP contribution is -2.42. The van der Waals surface area contributed by atoms with E-state index in [1.165, 1.54) is 14.2 Å². The highest BCUT2D eigenvalue weighted by Crippen LogP contribution is 2.45. The van der Waals surface area contributed by atoms with E-state index in [1.54, 1.807) is 11.8 Å². The SMILES string of the molecule is CCOC(=O)[C@H]1C(C(=O)OC)=C(C(=O)OC)[C@H](c2ccc(C(C)(C)C)cc2)N1c1ccccc1. The first-order chi connectivity index (χ1) is 16.1. The highest BCUT2D eigenvalue weighted by Gasteiger charge is 2.51. The Labute approximate surface area is 200 Å². The van der Waals surface area contributed by atoms with E-state index in [0.717, 1.165) is 11.1 Å². The summed E-state index contributed by atoms with van der Waals surface area (Å²) >= 11 is 0. The van der Waals surface area contributed by atoms with E-state index < -0.39 is 30.0 Å². The van der Waals surface area contributed by atoms with Crippen LogP contribution < -0.4 is 4.90 Å². The molecule has 0 amide bonds. The van der Waals surface area contributed by atoms with Gasteiger partial charge in [0, 0.05) is 5.69 Å². The van der Waals surface area contributed by atoms with Gasteiger partial charge in [-0.25, -0.2) is 14.4 Å². The number of esters is 3. The van der Waals surface area contributed by atoms with Crippen molar-refractivity contribution in [2.24, 2.45) is 0 Å². The van der Waals surface area contributed by atoms with Crippen molar-refractivity contribution in [1.82, 2.24) is 0 Å². The summed E-state index contributed by atoms with van der Waals surface area (Å²) in [6.07, 6.45) is 0. The van der Waals surface area contributed by atoms with E-state index in [-0.39, 0.29) is 23.2 Å². The topological polar surface area (TPSA) is 82.1 Å². The normalized spacial score (nSPS) is 18.0. The van der Waals surface area contributed by atoms with Gasteiger partial charge in [0.25, 0.3) is 0 Å². The smallest absolute Gasteiger partial charge is 0.337 e. The number of rotatable bonds is 6. The monoisotopic (exact) mass is 465 g/mol. The number of anilines is 1. The molecule has 0 bridgehead atoms. The highest BCUT2D eigenvalue weighted by molar-refractivity contribution is 6.10. The average molecular weight is 466 g/mol. The van der Waals surface area contributed by atoms with Gasteiger partial charge in [-0.2, -0.15) is 0 Å². The predicted octanol–water partition coefficient (Wildman–Crippen LogP) is 4.12. The second-order valence-corrected chi connectivity index (χ2v) is 8.98. The summed E-state index contributed by atoms with van der Waals surface area (Å²) in [5.74, 6) is -2.15. The molecule has 0 unspecified atom stereocenters. The van der Waals surface area contributed by atoms with Gasteiger partial charge in [0.05, 0.1) is 38.0 Å². The Balaban J connectivity index is 2.32. The quantitative estimate of drug-likeness (QED) is 0.469. The molecule has 3 rings (SSSR count). The van der Waals surface area contributed by atoms with Gasteiger partial charge in [-0.3, -0.25) is 0 Å². The van der Waals surface area contributed by atoms with Crippen LogP contribution in [-0.4, -0.2) is 44.8 Å². The molecule has 2 aromatic carbocycles. The Hall–Kier alpha value is -3.61. The molecule has 1 aliphatic heterocycles. The van der Waals surface area contributed by atoms with Crippen molar-refractivity contribution in [1.29, 1.82) is 0 Å². The number of benzene rings is 2. The maximum Gasteiger partial charge on any atom is 0.337 e. The molecule has 0 spiro atoms. The fourth-order valence-corrected chi connectivity index (χ4v) is 4.23. The summed E-state index contributed by atoms with van der Waals surface area (Å²) in [4.78, 5) is 41.0. The van der Waals surface area contributed by atoms with Gasteiger partial charge in [-0.05, 0) is 35.6 Å². The Morgan fingerprint density at radius 1 is 0.853 bits per heavy atom. The number of hydrogen-bond donors (Lipinski definition) is 0. The van der Waals surface area contributed by atoms with Crippen LogP contribution in [0.1, 0.15) is 44.9 Å². The second kappa shape index (κ2) is 10.1. The Bertz CT molecular complexity index is 1080. The summed E-state index contributed by atoms with van der Waals surface area (Å²) in [6, 6.07) is 15.0. The van der Waals surface area contributed by atoms with E-state index in [0.29, 0.717) is 5.69 Å². The van der Waals surface area contributed by atoms with E-state index in [2.05, 4.69) is 20.8 Å². The van der Waals surface area contributed by atoms with Crippen molar-refractivity contribution in [2.45, 2.75) is 45.2 Å². The van der Waals surface area contributed by atoms with Gasteiger partial charge in [-0.1, -0.05) is 63.2 Å². The third-order valence-corrected chi connectivity index (χ3v) is 5.86. The van der Waals surface area contributed by atoms with Crippen molar-refractivity contribution in [3.63, 3.8) is 0 Å². The molecule has 0 radical (unpaired) electrons. The number of ether oxygens (including phenoxy) is 3. The maximum atomic E-state index is 13.2. The first-order valence-electron chi connectivity index (χ1n) is 11.2. The molecule has 2 aromatic rings. The molecule has 1 heterocycles. The first-order valence-corrected chi connectivity index (χ1v) is 11.2. The van der Waals surface area contributed by atoms with Crippen LogP contribution in [0.25, 0.3) is 0 Å². The summed E-state index contributed by atoms with van der Waals surface area (Å²) in [5, 5.41) is 0. The van der Waals surface area contributed by atoms with Crippen LogP contribution in [-0.2, 0) is 34.0 Å². The zero-order valence-corrected chi connectivity index (χ0v) is 20.5. The minimum absolute atomic E-state index is 0.0553. The summed E-state index contributed by atoms with van der Waals surface area (Å²) < 4.78 is 15.4. The largest absolute Gasteiger partial charge is 0.466 e. The minimum atomic E-state index is -1.18. The molecule has 7 heteroatoms. The molecular weight excluding hydrogens is 434 g/mol.